The third kappa shape index (κ3) is 4.10. The molecule has 2 aromatic heterocycles. The van der Waals surface area contributed by atoms with Crippen molar-refractivity contribution in [3.05, 3.63) is 170 Å². The van der Waals surface area contributed by atoms with Crippen molar-refractivity contribution in [3.63, 3.8) is 0 Å². The van der Waals surface area contributed by atoms with E-state index in [4.69, 9.17) is 0 Å². The summed E-state index contributed by atoms with van der Waals surface area (Å²) in [6.45, 7) is 0. The highest BCUT2D eigenvalue weighted by molar-refractivity contribution is 7.27. The minimum Gasteiger partial charge on any atom is -0.135 e. The number of thiophene rings is 2. The maximum atomic E-state index is 2.45. The van der Waals surface area contributed by atoms with Gasteiger partial charge < -0.3 is 0 Å². The van der Waals surface area contributed by atoms with Crippen molar-refractivity contribution in [1.82, 2.24) is 0 Å². The Morgan fingerprint density at radius 3 is 1.52 bits per heavy atom. The van der Waals surface area contributed by atoms with Crippen LogP contribution in [0.1, 0.15) is 0 Å². The second-order valence-electron chi connectivity index (χ2n) is 13.2. The molecule has 11 rings (SSSR count). The highest BCUT2D eigenvalue weighted by Crippen LogP contribution is 2.47. The largest absolute Gasteiger partial charge is 0.135 e. The van der Waals surface area contributed by atoms with Gasteiger partial charge in [-0.3, -0.25) is 0 Å². The first kappa shape index (κ1) is 28.1. The summed E-state index contributed by atoms with van der Waals surface area (Å²) in [5.74, 6) is 0. The molecule has 0 saturated carbocycles. The van der Waals surface area contributed by atoms with E-state index in [2.05, 4.69) is 170 Å². The van der Waals surface area contributed by atoms with Crippen molar-refractivity contribution in [2.24, 2.45) is 0 Å². The maximum absolute atomic E-state index is 2.45. The number of hydrogen-bond acceptors (Lipinski definition) is 2. The molecule has 11 aromatic rings. The lowest BCUT2D eigenvalue weighted by Crippen LogP contribution is -1.91. The lowest BCUT2D eigenvalue weighted by molar-refractivity contribution is 1.61. The maximum Gasteiger partial charge on any atom is 0.0434 e. The Labute approximate surface area is 297 Å². The van der Waals surface area contributed by atoms with Crippen LogP contribution in [0.3, 0.4) is 0 Å². The Morgan fingerprint density at radius 2 is 0.780 bits per heavy atom. The van der Waals surface area contributed by atoms with Crippen molar-refractivity contribution in [1.29, 1.82) is 0 Å². The molecule has 0 spiro atoms. The van der Waals surface area contributed by atoms with Crippen molar-refractivity contribution in [2.45, 2.75) is 0 Å². The predicted octanol–water partition coefficient (Wildman–Crippen LogP) is 14.9. The van der Waals surface area contributed by atoms with Crippen LogP contribution in [0.5, 0.6) is 0 Å². The zero-order valence-electron chi connectivity index (χ0n) is 27.0. The second kappa shape index (κ2) is 10.9. The first-order valence-electron chi connectivity index (χ1n) is 17.1. The van der Waals surface area contributed by atoms with Gasteiger partial charge in [0.2, 0.25) is 0 Å². The third-order valence-electron chi connectivity index (χ3n) is 10.4. The summed E-state index contributed by atoms with van der Waals surface area (Å²) in [6.07, 6.45) is 0. The average molecular weight is 669 g/mol. The zero-order chi connectivity index (χ0) is 32.8. The summed E-state index contributed by atoms with van der Waals surface area (Å²) < 4.78 is 5.41. The van der Waals surface area contributed by atoms with E-state index in [0.29, 0.717) is 0 Å². The van der Waals surface area contributed by atoms with Crippen molar-refractivity contribution in [3.8, 4) is 33.4 Å². The Bertz CT molecular complexity index is 3080. The molecule has 2 heteroatoms. The molecule has 0 saturated heterocycles. The first-order valence-corrected chi connectivity index (χ1v) is 18.7. The normalized spacial score (nSPS) is 12.0. The SMILES string of the molecule is c1ccc(-c2cccc(-c3c4ccccc4c(-c4ccc5sc6c(ccc7c6ccc6sc8ccccc8c67)c5c4)c4ccccc34)c2)cc1. The number of fused-ring (bicyclic) bond motifs is 11. The molecular formula is C48H28S2. The molecule has 0 radical (unpaired) electrons. The molecule has 2 heterocycles. The summed E-state index contributed by atoms with van der Waals surface area (Å²) in [5, 5.41) is 13.2. The van der Waals surface area contributed by atoms with Gasteiger partial charge in [-0.1, -0.05) is 140 Å². The Balaban J connectivity index is 1.15. The van der Waals surface area contributed by atoms with Gasteiger partial charge >= 0.3 is 0 Å². The summed E-state index contributed by atoms with van der Waals surface area (Å²) >= 11 is 3.81. The molecule has 0 atom stereocenters. The van der Waals surface area contributed by atoms with Gasteiger partial charge in [-0.05, 0) is 90.6 Å². The molecule has 0 aliphatic rings. The smallest absolute Gasteiger partial charge is 0.0434 e. The van der Waals surface area contributed by atoms with Gasteiger partial charge in [0.15, 0.2) is 0 Å². The molecule has 9 aromatic carbocycles. The number of hydrogen-bond donors (Lipinski definition) is 0. The number of rotatable bonds is 3. The topological polar surface area (TPSA) is 0 Å². The highest BCUT2D eigenvalue weighted by Gasteiger charge is 2.19. The minimum atomic E-state index is 1.23. The van der Waals surface area contributed by atoms with Gasteiger partial charge in [0.25, 0.3) is 0 Å². The molecule has 0 nitrogen and oxygen atoms in total. The van der Waals surface area contributed by atoms with Crippen LogP contribution in [-0.4, -0.2) is 0 Å². The molecule has 232 valence electrons. The molecule has 0 bridgehead atoms. The molecule has 0 fully saturated rings. The fraction of sp³-hybridized carbons (Fsp3) is 0. The van der Waals surface area contributed by atoms with E-state index in [1.165, 1.54) is 106 Å². The van der Waals surface area contributed by atoms with Gasteiger partial charge in [0, 0.05) is 45.7 Å². The molecular weight excluding hydrogens is 641 g/mol. The molecule has 0 amide bonds. The van der Waals surface area contributed by atoms with Crippen molar-refractivity contribution in [2.75, 3.05) is 0 Å². The van der Waals surface area contributed by atoms with Crippen LogP contribution in [0, 0.1) is 0 Å². The van der Waals surface area contributed by atoms with E-state index in [0.717, 1.165) is 0 Å². The van der Waals surface area contributed by atoms with E-state index in [-0.39, 0.29) is 0 Å². The van der Waals surface area contributed by atoms with Crippen LogP contribution in [0.15, 0.2) is 170 Å². The fourth-order valence-electron chi connectivity index (χ4n) is 8.25. The van der Waals surface area contributed by atoms with E-state index in [9.17, 15) is 0 Å². The van der Waals surface area contributed by atoms with Crippen LogP contribution >= 0.6 is 22.7 Å². The summed E-state index contributed by atoms with van der Waals surface area (Å²) in [6, 6.07) is 63.0. The summed E-state index contributed by atoms with van der Waals surface area (Å²) in [7, 11) is 0. The lowest BCUT2D eigenvalue weighted by Gasteiger charge is -2.18. The zero-order valence-corrected chi connectivity index (χ0v) is 28.6. The minimum absolute atomic E-state index is 1.23. The molecule has 0 aliphatic heterocycles. The van der Waals surface area contributed by atoms with Gasteiger partial charge in [-0.25, -0.2) is 0 Å². The first-order chi connectivity index (χ1) is 24.8. The van der Waals surface area contributed by atoms with Gasteiger partial charge in [0.1, 0.15) is 0 Å². The molecule has 50 heavy (non-hydrogen) atoms. The summed E-state index contributed by atoms with van der Waals surface area (Å²) in [4.78, 5) is 0. The molecule has 0 N–H and O–H groups in total. The van der Waals surface area contributed by atoms with Gasteiger partial charge in [-0.15, -0.1) is 22.7 Å². The van der Waals surface area contributed by atoms with Gasteiger partial charge in [-0.2, -0.15) is 0 Å². The van der Waals surface area contributed by atoms with Crippen LogP contribution in [-0.2, 0) is 0 Å². The quantitative estimate of drug-likeness (QED) is 0.164. The van der Waals surface area contributed by atoms with Crippen molar-refractivity contribution >= 4 is 95.3 Å². The Kier molecular flexibility index (Phi) is 6.09. The van der Waals surface area contributed by atoms with E-state index >= 15 is 0 Å². The fourth-order valence-corrected chi connectivity index (χ4v) is 10.6. The van der Waals surface area contributed by atoms with E-state index < -0.39 is 0 Å². The highest BCUT2D eigenvalue weighted by atomic mass is 32.1. The number of benzene rings is 9. The van der Waals surface area contributed by atoms with Crippen LogP contribution in [0.2, 0.25) is 0 Å². The second-order valence-corrected chi connectivity index (χ2v) is 15.3. The van der Waals surface area contributed by atoms with Crippen LogP contribution in [0.25, 0.3) is 106 Å². The van der Waals surface area contributed by atoms with Gasteiger partial charge in [0.05, 0.1) is 0 Å². The Morgan fingerprint density at radius 1 is 0.260 bits per heavy atom. The predicted molar refractivity (Wildman–Crippen MR) is 221 cm³/mol. The van der Waals surface area contributed by atoms with E-state index in [1.807, 2.05) is 22.7 Å². The van der Waals surface area contributed by atoms with Crippen molar-refractivity contribution < 1.29 is 0 Å². The molecule has 0 aliphatic carbocycles. The van der Waals surface area contributed by atoms with Crippen LogP contribution in [0.4, 0.5) is 0 Å². The van der Waals surface area contributed by atoms with E-state index in [1.54, 1.807) is 0 Å². The average Bonchev–Trinajstić information content (AvgIpc) is 3.76. The monoisotopic (exact) mass is 668 g/mol. The Hall–Kier alpha value is -5.80. The van der Waals surface area contributed by atoms with Crippen LogP contribution < -0.4 is 0 Å². The summed E-state index contributed by atoms with van der Waals surface area (Å²) in [5.41, 5.74) is 7.55. The standard InChI is InChI=1S/C48H28S2/c1-2-11-29(12-3-1)30-13-10-14-31(27-30)45-33-15-4-6-17-35(33)46(36-18-7-5-16-34(36)45)32-21-25-43-41(28-32)39-23-22-37-38(48(39)50-43)24-26-44-47(37)40-19-8-9-20-42(40)49-44/h1-28H. The molecule has 0 unspecified atom stereocenters. The third-order valence-corrected chi connectivity index (χ3v) is 12.8. The lowest BCUT2D eigenvalue weighted by atomic mass is 9.85.